The topological polar surface area (TPSA) is 89.5 Å². The van der Waals surface area contributed by atoms with Gasteiger partial charge in [0.25, 0.3) is 0 Å². The summed E-state index contributed by atoms with van der Waals surface area (Å²) in [5.41, 5.74) is 3.79. The molecule has 1 saturated heterocycles. The van der Waals surface area contributed by atoms with Crippen molar-refractivity contribution in [3.63, 3.8) is 0 Å². The van der Waals surface area contributed by atoms with Crippen LogP contribution in [0.2, 0.25) is 0 Å². The van der Waals surface area contributed by atoms with Crippen molar-refractivity contribution < 1.29 is 19.3 Å². The number of phenolic OH excluding ortho intramolecular Hbond substituents is 1. The Balaban J connectivity index is 1.53. The molecule has 31 heavy (non-hydrogen) atoms. The molecule has 2 heterocycles. The molecule has 1 aliphatic carbocycles. The lowest BCUT2D eigenvalue weighted by Crippen LogP contribution is -2.31. The maximum absolute atomic E-state index is 10.5. The number of rotatable bonds is 4. The van der Waals surface area contributed by atoms with E-state index in [-0.39, 0.29) is 11.3 Å². The number of aromatic nitrogens is 2. The number of allylic oxidation sites excluding steroid dienone is 1. The smallest absolute Gasteiger partial charge is 0.172 e. The summed E-state index contributed by atoms with van der Waals surface area (Å²) in [5.74, 6) is 0.246. The number of phenols is 1. The molecule has 1 fully saturated rings. The van der Waals surface area contributed by atoms with Gasteiger partial charge in [0.1, 0.15) is 28.6 Å². The highest BCUT2D eigenvalue weighted by molar-refractivity contribution is 5.96. The number of hydrogen-bond donors (Lipinski definition) is 1. The SMILES string of the molecule is COc1ccc(Cn2cc3c(C4=CCC5(CC4)OCCO5)cc(O)c(C#N)c3n2)cc1. The third kappa shape index (κ3) is 3.54. The second-order valence-corrected chi connectivity index (χ2v) is 7.91. The average Bonchev–Trinajstić information content (AvgIpc) is 3.42. The lowest BCUT2D eigenvalue weighted by molar-refractivity contribution is -0.159. The molecule has 0 unspecified atom stereocenters. The maximum Gasteiger partial charge on any atom is 0.172 e. The van der Waals surface area contributed by atoms with Crippen molar-refractivity contribution in [2.24, 2.45) is 0 Å². The van der Waals surface area contributed by atoms with Gasteiger partial charge in [0, 0.05) is 24.4 Å². The monoisotopic (exact) mass is 417 g/mol. The number of ether oxygens (including phenoxy) is 3. The molecule has 2 aliphatic rings. The fraction of sp³-hybridized carbons (Fsp3) is 0.333. The number of aromatic hydroxyl groups is 1. The lowest BCUT2D eigenvalue weighted by Gasteiger charge is -2.30. The number of nitriles is 1. The first-order valence-corrected chi connectivity index (χ1v) is 10.3. The highest BCUT2D eigenvalue weighted by Gasteiger charge is 2.38. The van der Waals surface area contributed by atoms with Crippen molar-refractivity contribution >= 4 is 16.5 Å². The number of hydrogen-bond acceptors (Lipinski definition) is 6. The second kappa shape index (κ2) is 7.73. The summed E-state index contributed by atoms with van der Waals surface area (Å²) in [4.78, 5) is 0. The van der Waals surface area contributed by atoms with Crippen LogP contribution in [0.3, 0.4) is 0 Å². The zero-order chi connectivity index (χ0) is 21.4. The van der Waals surface area contributed by atoms with Crippen molar-refractivity contribution in [3.8, 4) is 17.6 Å². The number of methoxy groups -OCH3 is 1. The second-order valence-electron chi connectivity index (χ2n) is 7.91. The van der Waals surface area contributed by atoms with Gasteiger partial charge in [-0.2, -0.15) is 10.4 Å². The summed E-state index contributed by atoms with van der Waals surface area (Å²) in [7, 11) is 1.64. The summed E-state index contributed by atoms with van der Waals surface area (Å²) in [6.07, 6.45) is 6.27. The maximum atomic E-state index is 10.5. The summed E-state index contributed by atoms with van der Waals surface area (Å²) in [6.45, 7) is 1.81. The Kier molecular flexibility index (Phi) is 4.89. The minimum atomic E-state index is -0.504. The zero-order valence-electron chi connectivity index (χ0n) is 17.3. The molecular weight excluding hydrogens is 394 g/mol. The molecule has 0 atom stereocenters. The molecule has 158 valence electrons. The van der Waals surface area contributed by atoms with E-state index >= 15 is 0 Å². The summed E-state index contributed by atoms with van der Waals surface area (Å²) in [6, 6.07) is 11.6. The van der Waals surface area contributed by atoms with E-state index in [1.165, 1.54) is 0 Å². The molecule has 2 aromatic carbocycles. The molecule has 1 aromatic heterocycles. The zero-order valence-corrected chi connectivity index (χ0v) is 17.3. The minimum Gasteiger partial charge on any atom is -0.506 e. The van der Waals surface area contributed by atoms with Crippen LogP contribution >= 0.6 is 0 Å². The minimum absolute atomic E-state index is 0.0470. The Hall–Kier alpha value is -3.34. The van der Waals surface area contributed by atoms with Crippen LogP contribution < -0.4 is 4.74 Å². The van der Waals surface area contributed by atoms with Crippen molar-refractivity contribution in [3.05, 3.63) is 59.3 Å². The van der Waals surface area contributed by atoms with Crippen LogP contribution in [0, 0.1) is 11.3 Å². The van der Waals surface area contributed by atoms with Gasteiger partial charge in [0.05, 0.1) is 26.9 Å². The first kappa shape index (κ1) is 19.6. The highest BCUT2D eigenvalue weighted by atomic mass is 16.7. The van der Waals surface area contributed by atoms with Crippen LogP contribution in [-0.4, -0.2) is 41.0 Å². The van der Waals surface area contributed by atoms with E-state index in [0.717, 1.165) is 40.7 Å². The standard InChI is InChI=1S/C24H23N3O4/c1-29-18-4-2-16(3-5-18)14-27-15-21-19(12-22(28)20(13-25)23(21)26-27)17-6-8-24(9-7-17)30-10-11-31-24/h2-6,12,15,28H,7-11,14H2,1H3. The molecule has 0 saturated carbocycles. The molecule has 7 nitrogen and oxygen atoms in total. The van der Waals surface area contributed by atoms with E-state index in [4.69, 9.17) is 14.2 Å². The van der Waals surface area contributed by atoms with Gasteiger partial charge in [-0.25, -0.2) is 0 Å². The molecular formula is C24H23N3O4. The number of fused-ring (bicyclic) bond motifs is 1. The van der Waals surface area contributed by atoms with Crippen molar-refractivity contribution in [2.45, 2.75) is 31.6 Å². The van der Waals surface area contributed by atoms with Crippen LogP contribution in [0.4, 0.5) is 0 Å². The Morgan fingerprint density at radius 3 is 2.68 bits per heavy atom. The van der Waals surface area contributed by atoms with Crippen LogP contribution in [0.25, 0.3) is 16.5 Å². The van der Waals surface area contributed by atoms with Crippen LogP contribution in [0.5, 0.6) is 11.5 Å². The quantitative estimate of drug-likeness (QED) is 0.691. The Morgan fingerprint density at radius 1 is 1.26 bits per heavy atom. The highest BCUT2D eigenvalue weighted by Crippen LogP contribution is 2.41. The molecule has 0 amide bonds. The van der Waals surface area contributed by atoms with Crippen LogP contribution in [-0.2, 0) is 16.0 Å². The molecule has 5 rings (SSSR count). The molecule has 0 radical (unpaired) electrons. The summed E-state index contributed by atoms with van der Waals surface area (Å²) >= 11 is 0. The van der Waals surface area contributed by atoms with Gasteiger partial charge >= 0.3 is 0 Å². The van der Waals surface area contributed by atoms with Gasteiger partial charge in [-0.15, -0.1) is 0 Å². The molecule has 0 bridgehead atoms. The first-order chi connectivity index (χ1) is 15.1. The predicted molar refractivity (Wildman–Crippen MR) is 115 cm³/mol. The summed E-state index contributed by atoms with van der Waals surface area (Å²) in [5, 5.41) is 25.6. The van der Waals surface area contributed by atoms with Gasteiger partial charge in [-0.05, 0) is 41.3 Å². The van der Waals surface area contributed by atoms with Gasteiger partial charge in [-0.1, -0.05) is 18.2 Å². The molecule has 1 aliphatic heterocycles. The van der Waals surface area contributed by atoms with Crippen LogP contribution in [0.1, 0.15) is 36.0 Å². The molecule has 3 aromatic rings. The van der Waals surface area contributed by atoms with E-state index in [2.05, 4.69) is 17.2 Å². The largest absolute Gasteiger partial charge is 0.506 e. The number of nitrogens with zero attached hydrogens (tertiary/aromatic N) is 3. The Labute approximate surface area is 180 Å². The lowest BCUT2D eigenvalue weighted by atomic mass is 9.88. The fourth-order valence-corrected chi connectivity index (χ4v) is 4.40. The third-order valence-electron chi connectivity index (χ3n) is 6.04. The van der Waals surface area contributed by atoms with Crippen molar-refractivity contribution in [2.75, 3.05) is 20.3 Å². The van der Waals surface area contributed by atoms with E-state index in [0.29, 0.717) is 31.7 Å². The van der Waals surface area contributed by atoms with Gasteiger partial charge in [0.15, 0.2) is 5.79 Å². The van der Waals surface area contributed by atoms with Crippen LogP contribution in [0.15, 0.2) is 42.6 Å². The molecule has 1 spiro atoms. The van der Waals surface area contributed by atoms with E-state index in [1.807, 2.05) is 35.1 Å². The van der Waals surface area contributed by atoms with Gasteiger partial charge < -0.3 is 19.3 Å². The Bertz CT molecular complexity index is 1200. The van der Waals surface area contributed by atoms with Crippen molar-refractivity contribution in [1.82, 2.24) is 9.78 Å². The van der Waals surface area contributed by atoms with Crippen molar-refractivity contribution in [1.29, 1.82) is 5.26 Å². The third-order valence-corrected chi connectivity index (χ3v) is 6.04. The van der Waals surface area contributed by atoms with Gasteiger partial charge in [0.2, 0.25) is 0 Å². The fourth-order valence-electron chi connectivity index (χ4n) is 4.40. The number of benzene rings is 2. The van der Waals surface area contributed by atoms with Gasteiger partial charge in [-0.3, -0.25) is 4.68 Å². The Morgan fingerprint density at radius 2 is 2.03 bits per heavy atom. The first-order valence-electron chi connectivity index (χ1n) is 10.3. The molecule has 1 N–H and O–H groups in total. The average molecular weight is 417 g/mol. The normalized spacial score (nSPS) is 17.6. The molecule has 7 heteroatoms. The summed E-state index contributed by atoms with van der Waals surface area (Å²) < 4.78 is 18.7. The van der Waals surface area contributed by atoms with E-state index < -0.39 is 5.79 Å². The van der Waals surface area contributed by atoms with E-state index in [1.54, 1.807) is 13.2 Å². The predicted octanol–water partition coefficient (Wildman–Crippen LogP) is 3.98. The van der Waals surface area contributed by atoms with E-state index in [9.17, 15) is 10.4 Å².